The molecule has 0 spiro atoms. The van der Waals surface area contributed by atoms with Gasteiger partial charge in [0, 0.05) is 56.1 Å². The molecule has 2 aliphatic heterocycles. The Hall–Kier alpha value is -0.170. The SMILES string of the molecule is CN1CCCC(N2CCN(CCS(=O)c3cc(Cl)ccc3Cl)CC2)C1. The normalized spacial score (nSPS) is 25.2. The molecule has 2 unspecified atom stereocenters. The number of hydrogen-bond donors (Lipinski definition) is 0. The molecular weight excluding hydrogens is 377 g/mol. The van der Waals surface area contributed by atoms with Crippen LogP contribution in [0.5, 0.6) is 0 Å². The molecule has 0 bridgehead atoms. The number of rotatable bonds is 5. The lowest BCUT2D eigenvalue weighted by molar-refractivity contribution is 0.0618. The molecule has 3 rings (SSSR count). The molecule has 0 aromatic heterocycles. The fourth-order valence-corrected chi connectivity index (χ4v) is 5.56. The van der Waals surface area contributed by atoms with Crippen LogP contribution in [0.25, 0.3) is 0 Å². The van der Waals surface area contributed by atoms with Crippen LogP contribution in [0.2, 0.25) is 10.0 Å². The van der Waals surface area contributed by atoms with Gasteiger partial charge in [0.2, 0.25) is 0 Å². The second-order valence-corrected chi connectivity index (χ2v) is 9.44. The molecule has 0 aliphatic carbocycles. The summed E-state index contributed by atoms with van der Waals surface area (Å²) in [4.78, 5) is 8.15. The Kier molecular flexibility index (Phi) is 7.17. The van der Waals surface area contributed by atoms with Crippen molar-refractivity contribution in [2.45, 2.75) is 23.8 Å². The highest BCUT2D eigenvalue weighted by atomic mass is 35.5. The van der Waals surface area contributed by atoms with Crippen molar-refractivity contribution < 1.29 is 4.21 Å². The maximum Gasteiger partial charge on any atom is 0.0589 e. The number of piperidine rings is 1. The Labute approximate surface area is 163 Å². The van der Waals surface area contributed by atoms with E-state index in [-0.39, 0.29) is 0 Å². The quantitative estimate of drug-likeness (QED) is 0.754. The van der Waals surface area contributed by atoms with E-state index in [4.69, 9.17) is 23.2 Å². The number of likely N-dealkylation sites (tertiary alicyclic amines) is 1. The maximum absolute atomic E-state index is 12.5. The molecule has 1 aromatic carbocycles. The highest BCUT2D eigenvalue weighted by molar-refractivity contribution is 7.85. The molecule has 0 N–H and O–H groups in total. The number of hydrogen-bond acceptors (Lipinski definition) is 4. The van der Waals surface area contributed by atoms with Gasteiger partial charge in [-0.05, 0) is 44.6 Å². The lowest BCUT2D eigenvalue weighted by Crippen LogP contribution is -2.54. The van der Waals surface area contributed by atoms with Gasteiger partial charge in [-0.3, -0.25) is 14.0 Å². The van der Waals surface area contributed by atoms with E-state index in [1.165, 1.54) is 25.9 Å². The van der Waals surface area contributed by atoms with Gasteiger partial charge in [-0.15, -0.1) is 0 Å². The third-order valence-electron chi connectivity index (χ3n) is 5.25. The number of nitrogens with zero attached hydrogens (tertiary/aromatic N) is 3. The Bertz CT molecular complexity index is 608. The van der Waals surface area contributed by atoms with Gasteiger partial charge < -0.3 is 4.90 Å². The smallest absolute Gasteiger partial charge is 0.0589 e. The van der Waals surface area contributed by atoms with Crippen LogP contribution in [-0.4, -0.2) is 83.6 Å². The molecule has 2 saturated heterocycles. The maximum atomic E-state index is 12.5. The summed E-state index contributed by atoms with van der Waals surface area (Å²) in [6.07, 6.45) is 2.63. The highest BCUT2D eigenvalue weighted by Gasteiger charge is 2.26. The average Bonchev–Trinajstić information content (AvgIpc) is 2.62. The summed E-state index contributed by atoms with van der Waals surface area (Å²) >= 11 is 12.2. The zero-order valence-corrected chi connectivity index (χ0v) is 17.1. The van der Waals surface area contributed by atoms with E-state index in [9.17, 15) is 4.21 Å². The highest BCUT2D eigenvalue weighted by Crippen LogP contribution is 2.24. The predicted octanol–water partition coefficient (Wildman–Crippen LogP) is 2.81. The Morgan fingerprint density at radius 3 is 2.64 bits per heavy atom. The first-order valence-corrected chi connectivity index (χ1v) is 11.1. The monoisotopic (exact) mass is 403 g/mol. The van der Waals surface area contributed by atoms with Crippen molar-refractivity contribution in [2.24, 2.45) is 0 Å². The van der Waals surface area contributed by atoms with Crippen LogP contribution in [0.15, 0.2) is 23.1 Å². The van der Waals surface area contributed by atoms with Crippen LogP contribution in [0.4, 0.5) is 0 Å². The Balaban J connectivity index is 1.44. The van der Waals surface area contributed by atoms with E-state index in [0.717, 1.165) is 32.7 Å². The van der Waals surface area contributed by atoms with Crippen molar-refractivity contribution in [2.75, 3.05) is 58.6 Å². The largest absolute Gasteiger partial charge is 0.305 e. The minimum Gasteiger partial charge on any atom is -0.305 e. The van der Waals surface area contributed by atoms with Crippen molar-refractivity contribution in [1.29, 1.82) is 0 Å². The van der Waals surface area contributed by atoms with E-state index in [2.05, 4.69) is 21.7 Å². The van der Waals surface area contributed by atoms with Crippen LogP contribution in [0.3, 0.4) is 0 Å². The summed E-state index contributed by atoms with van der Waals surface area (Å²) in [6.45, 7) is 7.60. The molecule has 2 heterocycles. The number of piperazine rings is 1. The summed E-state index contributed by atoms with van der Waals surface area (Å²) in [5, 5.41) is 1.12. The number of halogens is 2. The van der Waals surface area contributed by atoms with Crippen molar-refractivity contribution in [3.05, 3.63) is 28.2 Å². The lowest BCUT2D eigenvalue weighted by atomic mass is 10.0. The third-order valence-corrected chi connectivity index (χ3v) is 7.31. The molecule has 0 saturated carbocycles. The molecule has 2 atom stereocenters. The van der Waals surface area contributed by atoms with Crippen molar-refractivity contribution >= 4 is 34.0 Å². The second-order valence-electron chi connectivity index (χ2n) is 7.06. The summed E-state index contributed by atoms with van der Waals surface area (Å²) in [5.41, 5.74) is 0. The van der Waals surface area contributed by atoms with E-state index >= 15 is 0 Å². The molecule has 4 nitrogen and oxygen atoms in total. The number of benzene rings is 1. The minimum absolute atomic E-state index is 0.536. The van der Waals surface area contributed by atoms with Crippen LogP contribution >= 0.6 is 23.2 Å². The third kappa shape index (κ3) is 5.41. The molecule has 7 heteroatoms. The van der Waals surface area contributed by atoms with Gasteiger partial charge in [0.05, 0.1) is 20.7 Å². The first-order valence-electron chi connectivity index (χ1n) is 9.01. The zero-order valence-electron chi connectivity index (χ0n) is 14.8. The van der Waals surface area contributed by atoms with Gasteiger partial charge in [0.15, 0.2) is 0 Å². The van der Waals surface area contributed by atoms with Gasteiger partial charge in [0.1, 0.15) is 0 Å². The van der Waals surface area contributed by atoms with Crippen molar-refractivity contribution in [3.8, 4) is 0 Å². The van der Waals surface area contributed by atoms with Gasteiger partial charge in [0.25, 0.3) is 0 Å². The molecule has 0 amide bonds. The standard InChI is InChI=1S/C18H27Cl2N3OS/c1-21-6-2-3-16(14-21)23-9-7-22(8-10-23)11-12-25(24)18-13-15(19)4-5-17(18)20/h4-5,13,16H,2-3,6-12,14H2,1H3. The molecule has 0 radical (unpaired) electrons. The number of likely N-dealkylation sites (N-methyl/N-ethyl adjacent to an activating group) is 1. The lowest BCUT2D eigenvalue weighted by Gasteiger charge is -2.42. The summed E-state index contributed by atoms with van der Waals surface area (Å²) in [5.74, 6) is 0.603. The van der Waals surface area contributed by atoms with E-state index in [0.29, 0.717) is 26.7 Å². The van der Waals surface area contributed by atoms with Crippen LogP contribution in [0, 0.1) is 0 Å². The average molecular weight is 404 g/mol. The van der Waals surface area contributed by atoms with Gasteiger partial charge in [-0.2, -0.15) is 0 Å². The Morgan fingerprint density at radius 2 is 1.92 bits per heavy atom. The summed E-state index contributed by atoms with van der Waals surface area (Å²) < 4.78 is 12.5. The van der Waals surface area contributed by atoms with Crippen LogP contribution in [0.1, 0.15) is 12.8 Å². The van der Waals surface area contributed by atoms with E-state index < -0.39 is 10.8 Å². The van der Waals surface area contributed by atoms with Crippen molar-refractivity contribution in [1.82, 2.24) is 14.7 Å². The first kappa shape index (κ1) is 19.6. The molecule has 2 aliphatic rings. The molecule has 25 heavy (non-hydrogen) atoms. The van der Waals surface area contributed by atoms with Gasteiger partial charge in [-0.25, -0.2) is 0 Å². The molecular formula is C18H27Cl2N3OS. The zero-order chi connectivity index (χ0) is 17.8. The van der Waals surface area contributed by atoms with E-state index in [1.807, 2.05) is 0 Å². The topological polar surface area (TPSA) is 26.8 Å². The fourth-order valence-electron chi connectivity index (χ4n) is 3.76. The van der Waals surface area contributed by atoms with Gasteiger partial charge in [-0.1, -0.05) is 23.2 Å². The van der Waals surface area contributed by atoms with E-state index in [1.54, 1.807) is 18.2 Å². The Morgan fingerprint density at radius 1 is 1.16 bits per heavy atom. The van der Waals surface area contributed by atoms with Crippen molar-refractivity contribution in [3.63, 3.8) is 0 Å². The second kappa shape index (κ2) is 9.16. The predicted molar refractivity (Wildman–Crippen MR) is 106 cm³/mol. The summed E-state index contributed by atoms with van der Waals surface area (Å²) in [6, 6.07) is 5.88. The molecule has 140 valence electrons. The van der Waals surface area contributed by atoms with Crippen LogP contribution < -0.4 is 0 Å². The first-order chi connectivity index (χ1) is 12.0. The molecule has 2 fully saturated rings. The molecule has 1 aromatic rings. The van der Waals surface area contributed by atoms with Crippen LogP contribution in [-0.2, 0) is 10.8 Å². The summed E-state index contributed by atoms with van der Waals surface area (Å²) in [7, 11) is 1.12. The minimum atomic E-state index is -1.10. The van der Waals surface area contributed by atoms with Gasteiger partial charge >= 0.3 is 0 Å². The fraction of sp³-hybridized carbons (Fsp3) is 0.667.